The van der Waals surface area contributed by atoms with Crippen molar-refractivity contribution in [2.75, 3.05) is 40.4 Å². The minimum atomic E-state index is 0.101. The largest absolute Gasteiger partial charge is 0.492 e. The third-order valence-electron chi connectivity index (χ3n) is 9.79. The third-order valence-corrected chi connectivity index (χ3v) is 9.79. The molecule has 1 aromatic heterocycles. The maximum absolute atomic E-state index is 6.62. The summed E-state index contributed by atoms with van der Waals surface area (Å²) in [5.74, 6) is 4.19. The molecule has 2 aliphatic heterocycles. The zero-order chi connectivity index (χ0) is 32.3. The number of ether oxygens (including phenoxy) is 3. The Bertz CT molecular complexity index is 1610. The average Bonchev–Trinajstić information content (AvgIpc) is 3.75. The van der Waals surface area contributed by atoms with Gasteiger partial charge in [-0.25, -0.2) is 4.98 Å². The molecule has 7 nitrogen and oxygen atoms in total. The van der Waals surface area contributed by atoms with Crippen molar-refractivity contribution >= 4 is 11.0 Å². The Morgan fingerprint density at radius 3 is 2.13 bits per heavy atom. The molecule has 2 aliphatic rings. The summed E-state index contributed by atoms with van der Waals surface area (Å²) in [6, 6.07) is 21.8. The van der Waals surface area contributed by atoms with Gasteiger partial charge in [0, 0.05) is 36.3 Å². The molecule has 0 saturated carbocycles. The second kappa shape index (κ2) is 14.1. The number of likely N-dealkylation sites (tertiary alicyclic amines) is 2. The van der Waals surface area contributed by atoms with Crippen LogP contribution in [0.5, 0.6) is 23.0 Å². The maximum atomic E-state index is 6.62. The fraction of sp³-hybridized carbons (Fsp3) is 0.513. The number of rotatable bonds is 12. The van der Waals surface area contributed by atoms with E-state index >= 15 is 0 Å². The standard InChI is InChI=1S/C39H52N4O3/c1-7-8-22-43-35-24-34(44-26-30-13-10-20-41(30)5)25-36(45-27-31-14-11-21-42(31)6)37(35)40-38(43)28-12-9-15-33(23-28)46-32-18-16-29(17-19-32)39(2,3)4/h9,12,15-19,23-25,30-31H,7-8,10-11,13-14,20-22,26-27H2,1-6H3. The molecule has 3 heterocycles. The van der Waals surface area contributed by atoms with E-state index < -0.39 is 0 Å². The third kappa shape index (κ3) is 7.37. The van der Waals surface area contributed by atoms with Crippen LogP contribution in [0.1, 0.15) is 71.8 Å². The van der Waals surface area contributed by atoms with Crippen LogP contribution in [-0.4, -0.2) is 71.8 Å². The first kappa shape index (κ1) is 32.4. The lowest BCUT2D eigenvalue weighted by Gasteiger charge is -2.21. The van der Waals surface area contributed by atoms with E-state index in [1.165, 1.54) is 24.8 Å². The summed E-state index contributed by atoms with van der Waals surface area (Å²) in [4.78, 5) is 10.1. The van der Waals surface area contributed by atoms with E-state index in [0.717, 1.165) is 84.3 Å². The number of benzene rings is 3. The molecule has 2 unspecified atom stereocenters. The van der Waals surface area contributed by atoms with Gasteiger partial charge in [0.1, 0.15) is 41.8 Å². The Balaban J connectivity index is 1.35. The maximum Gasteiger partial charge on any atom is 0.150 e. The molecule has 0 amide bonds. The van der Waals surface area contributed by atoms with Crippen LogP contribution in [0, 0.1) is 0 Å². The van der Waals surface area contributed by atoms with Crippen molar-refractivity contribution in [3.05, 3.63) is 66.2 Å². The Hall–Kier alpha value is -3.55. The van der Waals surface area contributed by atoms with Crippen molar-refractivity contribution in [2.45, 2.75) is 90.3 Å². The van der Waals surface area contributed by atoms with Gasteiger partial charge in [-0.15, -0.1) is 0 Å². The van der Waals surface area contributed by atoms with Crippen LogP contribution in [0.3, 0.4) is 0 Å². The van der Waals surface area contributed by atoms with Gasteiger partial charge in [0.15, 0.2) is 5.75 Å². The zero-order valence-electron chi connectivity index (χ0n) is 28.7. The number of hydrogen-bond acceptors (Lipinski definition) is 6. The number of unbranched alkanes of at least 4 members (excludes halogenated alkanes) is 1. The summed E-state index contributed by atoms with van der Waals surface area (Å²) in [6.45, 7) is 13.4. The lowest BCUT2D eigenvalue weighted by molar-refractivity contribution is 0.192. The van der Waals surface area contributed by atoms with Crippen molar-refractivity contribution in [2.24, 2.45) is 0 Å². The number of imidazole rings is 1. The quantitative estimate of drug-likeness (QED) is 0.157. The molecule has 0 bridgehead atoms. The molecule has 0 spiro atoms. The molecule has 246 valence electrons. The summed E-state index contributed by atoms with van der Waals surface area (Å²) >= 11 is 0. The highest BCUT2D eigenvalue weighted by atomic mass is 16.5. The first-order chi connectivity index (χ1) is 22.2. The summed E-state index contributed by atoms with van der Waals surface area (Å²) in [5.41, 5.74) is 4.35. The van der Waals surface area contributed by atoms with Crippen LogP contribution in [0.2, 0.25) is 0 Å². The highest BCUT2D eigenvalue weighted by Gasteiger charge is 2.25. The predicted octanol–water partition coefficient (Wildman–Crippen LogP) is 8.54. The highest BCUT2D eigenvalue weighted by molar-refractivity contribution is 5.87. The Morgan fingerprint density at radius 1 is 0.804 bits per heavy atom. The number of fused-ring (bicyclic) bond motifs is 1. The van der Waals surface area contributed by atoms with Gasteiger partial charge >= 0.3 is 0 Å². The van der Waals surface area contributed by atoms with E-state index in [-0.39, 0.29) is 5.41 Å². The SMILES string of the molecule is CCCCn1c(-c2cccc(Oc3ccc(C(C)(C)C)cc3)c2)nc2c(OCC3CCCN3C)cc(OCC3CCCN3C)cc21. The van der Waals surface area contributed by atoms with Crippen LogP contribution >= 0.6 is 0 Å². The molecule has 6 rings (SSSR count). The van der Waals surface area contributed by atoms with Gasteiger partial charge in [0.05, 0.1) is 5.52 Å². The summed E-state index contributed by atoms with van der Waals surface area (Å²) in [6.07, 6.45) is 6.92. The first-order valence-electron chi connectivity index (χ1n) is 17.3. The molecule has 0 radical (unpaired) electrons. The second-order valence-corrected chi connectivity index (χ2v) is 14.3. The number of hydrogen-bond donors (Lipinski definition) is 0. The van der Waals surface area contributed by atoms with E-state index in [2.05, 4.69) is 111 Å². The first-order valence-corrected chi connectivity index (χ1v) is 17.3. The van der Waals surface area contributed by atoms with Crippen LogP contribution in [0.25, 0.3) is 22.4 Å². The fourth-order valence-electron chi connectivity index (χ4n) is 6.74. The molecule has 0 N–H and O–H groups in total. The topological polar surface area (TPSA) is 52.0 Å². The normalized spacial score (nSPS) is 19.3. The van der Waals surface area contributed by atoms with E-state index in [1.54, 1.807) is 0 Å². The summed E-state index contributed by atoms with van der Waals surface area (Å²) in [7, 11) is 4.39. The van der Waals surface area contributed by atoms with Crippen molar-refractivity contribution in [1.29, 1.82) is 0 Å². The lowest BCUT2D eigenvalue weighted by Crippen LogP contribution is -2.31. The number of likely N-dealkylation sites (N-methyl/N-ethyl adjacent to an activating group) is 2. The molecule has 4 aromatic rings. The van der Waals surface area contributed by atoms with Gasteiger partial charge in [-0.2, -0.15) is 0 Å². The molecule has 46 heavy (non-hydrogen) atoms. The number of aryl methyl sites for hydroxylation is 1. The van der Waals surface area contributed by atoms with E-state index in [0.29, 0.717) is 25.3 Å². The van der Waals surface area contributed by atoms with Gasteiger partial charge in [-0.1, -0.05) is 58.4 Å². The molecule has 3 aromatic carbocycles. The number of nitrogens with zero attached hydrogens (tertiary/aromatic N) is 4. The van der Waals surface area contributed by atoms with Crippen molar-refractivity contribution in [3.8, 4) is 34.4 Å². The molecular weight excluding hydrogens is 572 g/mol. The lowest BCUT2D eigenvalue weighted by atomic mass is 9.87. The molecular formula is C39H52N4O3. The van der Waals surface area contributed by atoms with Gasteiger partial charge in [0.25, 0.3) is 0 Å². The van der Waals surface area contributed by atoms with E-state index in [4.69, 9.17) is 19.2 Å². The predicted molar refractivity (Wildman–Crippen MR) is 188 cm³/mol. The van der Waals surface area contributed by atoms with Crippen LogP contribution in [0.15, 0.2) is 60.7 Å². The summed E-state index contributed by atoms with van der Waals surface area (Å²) < 4.78 is 21.8. The summed E-state index contributed by atoms with van der Waals surface area (Å²) in [5, 5.41) is 0. The van der Waals surface area contributed by atoms with Crippen molar-refractivity contribution < 1.29 is 14.2 Å². The molecule has 2 saturated heterocycles. The Labute approximate surface area is 275 Å². The van der Waals surface area contributed by atoms with Crippen LogP contribution in [0.4, 0.5) is 0 Å². The fourth-order valence-corrected chi connectivity index (χ4v) is 6.74. The molecule has 2 atom stereocenters. The highest BCUT2D eigenvalue weighted by Crippen LogP contribution is 2.37. The molecule has 7 heteroatoms. The average molecular weight is 625 g/mol. The van der Waals surface area contributed by atoms with Gasteiger partial charge < -0.3 is 28.6 Å². The van der Waals surface area contributed by atoms with Crippen molar-refractivity contribution in [1.82, 2.24) is 19.4 Å². The van der Waals surface area contributed by atoms with Crippen LogP contribution < -0.4 is 14.2 Å². The van der Waals surface area contributed by atoms with Gasteiger partial charge in [-0.3, -0.25) is 0 Å². The van der Waals surface area contributed by atoms with Gasteiger partial charge in [-0.05, 0) is 94.5 Å². The van der Waals surface area contributed by atoms with E-state index in [1.807, 2.05) is 6.07 Å². The smallest absolute Gasteiger partial charge is 0.150 e. The van der Waals surface area contributed by atoms with Gasteiger partial charge in [0.2, 0.25) is 0 Å². The van der Waals surface area contributed by atoms with Crippen molar-refractivity contribution in [3.63, 3.8) is 0 Å². The molecule has 0 aliphatic carbocycles. The Kier molecular flexibility index (Phi) is 9.90. The second-order valence-electron chi connectivity index (χ2n) is 14.3. The molecule has 2 fully saturated rings. The Morgan fingerprint density at radius 2 is 1.50 bits per heavy atom. The zero-order valence-corrected chi connectivity index (χ0v) is 28.7. The minimum absolute atomic E-state index is 0.101. The number of aromatic nitrogens is 2. The minimum Gasteiger partial charge on any atom is -0.492 e. The van der Waals surface area contributed by atoms with E-state index in [9.17, 15) is 0 Å². The van der Waals surface area contributed by atoms with Crippen LogP contribution in [-0.2, 0) is 12.0 Å². The monoisotopic (exact) mass is 624 g/mol.